The number of aliphatic hydroxyl groups excluding tert-OH is 3. The van der Waals surface area contributed by atoms with Gasteiger partial charge in [0.1, 0.15) is 17.3 Å². The highest BCUT2D eigenvalue weighted by molar-refractivity contribution is 7.18. The van der Waals surface area contributed by atoms with Crippen molar-refractivity contribution in [3.8, 4) is 5.88 Å². The summed E-state index contributed by atoms with van der Waals surface area (Å²) in [6.45, 7) is 6.80. The van der Waals surface area contributed by atoms with Gasteiger partial charge in [0.05, 0.1) is 5.39 Å². The van der Waals surface area contributed by atoms with Gasteiger partial charge >= 0.3 is 5.97 Å². The first-order valence-electron chi connectivity index (χ1n) is 15.7. The molecule has 0 bridgehead atoms. The molecule has 2 aliphatic rings. The highest BCUT2D eigenvalue weighted by Gasteiger charge is 2.26. The number of ether oxygens (including phenoxy) is 1. The van der Waals surface area contributed by atoms with E-state index in [9.17, 15) is 4.79 Å². The Balaban J connectivity index is 0.000000382. The Kier molecular flexibility index (Phi) is 21.4. The van der Waals surface area contributed by atoms with E-state index in [4.69, 9.17) is 25.2 Å². The number of carboxylic acid groups (broad SMARTS) is 1. The predicted octanol–water partition coefficient (Wildman–Crippen LogP) is 4.77. The molecule has 5 N–H and O–H groups in total. The fourth-order valence-corrected chi connectivity index (χ4v) is 5.80. The predicted molar refractivity (Wildman–Crippen MR) is 170 cm³/mol. The van der Waals surface area contributed by atoms with Crippen molar-refractivity contribution in [2.75, 3.05) is 40.5 Å². The molecule has 1 saturated carbocycles. The summed E-state index contributed by atoms with van der Waals surface area (Å²) in [5, 5.41) is 37.0. The summed E-state index contributed by atoms with van der Waals surface area (Å²) in [4.78, 5) is 23.5. The number of thiophene rings is 1. The molecule has 4 rings (SSSR count). The maximum atomic E-state index is 9.76. The van der Waals surface area contributed by atoms with Crippen LogP contribution in [0, 0.1) is 0 Å². The number of hydrogen-bond acceptors (Lipinski definition) is 10. The number of aliphatic hydroxyl groups is 3. The first kappa shape index (κ1) is 38.1. The van der Waals surface area contributed by atoms with Crippen LogP contribution in [-0.4, -0.2) is 93.9 Å². The van der Waals surface area contributed by atoms with Crippen molar-refractivity contribution in [1.29, 1.82) is 0 Å². The average Bonchev–Trinajstić information content (AvgIpc) is 3.39. The normalized spacial score (nSPS) is 17.6. The van der Waals surface area contributed by atoms with E-state index >= 15 is 0 Å². The number of rotatable bonds is 12. The van der Waals surface area contributed by atoms with E-state index in [1.54, 1.807) is 17.7 Å². The summed E-state index contributed by atoms with van der Waals surface area (Å²) in [6.07, 6.45) is 14.5. The fourth-order valence-electron chi connectivity index (χ4n) is 4.65. The lowest BCUT2D eigenvalue weighted by atomic mass is 9.92. The van der Waals surface area contributed by atoms with E-state index < -0.39 is 5.97 Å². The molecule has 11 heteroatoms. The molecule has 0 saturated heterocycles. The van der Waals surface area contributed by atoms with E-state index in [0.717, 1.165) is 87.0 Å². The van der Waals surface area contributed by atoms with Crippen LogP contribution in [0.5, 0.6) is 5.88 Å². The third-order valence-electron chi connectivity index (χ3n) is 7.19. The standard InChI is InChI=1S/C17H24N4OS.C5H10O2.C5H12O.C4H10O2/c1-21(2)11-3-5-12(6-4-11)22-16-15-13-9-18-8-7-14(13)23-17(15)20-10-19-16;1-2-3-4-5(6)7;1-2-3-4-5-6;5-3-1-2-4-6/h10-12,18H,3-9H2,1-2H3;2-4H2,1H3,(H,6,7);6H,2-5H2,1H3;5-6H,1-4H2. The number of carbonyl (C=O) groups is 1. The van der Waals surface area contributed by atoms with Crippen LogP contribution in [0.2, 0.25) is 0 Å². The Morgan fingerprint density at radius 2 is 1.60 bits per heavy atom. The molecule has 3 heterocycles. The number of nitrogens with zero attached hydrogens (tertiary/aromatic N) is 3. The zero-order valence-electron chi connectivity index (χ0n) is 26.3. The molecule has 42 heavy (non-hydrogen) atoms. The van der Waals surface area contributed by atoms with Crippen LogP contribution in [0.25, 0.3) is 10.2 Å². The molecular weight excluding hydrogens is 556 g/mol. The number of fused-ring (bicyclic) bond motifs is 3. The van der Waals surface area contributed by atoms with Crippen molar-refractivity contribution in [3.63, 3.8) is 0 Å². The summed E-state index contributed by atoms with van der Waals surface area (Å²) in [7, 11) is 4.34. The van der Waals surface area contributed by atoms with Crippen LogP contribution in [0.3, 0.4) is 0 Å². The molecule has 0 radical (unpaired) electrons. The van der Waals surface area contributed by atoms with Crippen molar-refractivity contribution in [2.24, 2.45) is 0 Å². The van der Waals surface area contributed by atoms with E-state index in [2.05, 4.69) is 41.2 Å². The summed E-state index contributed by atoms with van der Waals surface area (Å²) >= 11 is 1.80. The van der Waals surface area contributed by atoms with Gasteiger partial charge in [0.25, 0.3) is 0 Å². The second-order valence-corrected chi connectivity index (χ2v) is 12.0. The van der Waals surface area contributed by atoms with Gasteiger partial charge in [0.15, 0.2) is 0 Å². The van der Waals surface area contributed by atoms with Gasteiger partial charge in [0.2, 0.25) is 5.88 Å². The highest BCUT2D eigenvalue weighted by Crippen LogP contribution is 2.37. The zero-order chi connectivity index (χ0) is 31.2. The highest BCUT2D eigenvalue weighted by atomic mass is 32.1. The molecule has 1 fully saturated rings. The summed E-state index contributed by atoms with van der Waals surface area (Å²) < 4.78 is 6.33. The minimum atomic E-state index is -0.693. The van der Waals surface area contributed by atoms with Crippen LogP contribution in [0.4, 0.5) is 0 Å². The zero-order valence-corrected chi connectivity index (χ0v) is 27.1. The smallest absolute Gasteiger partial charge is 0.303 e. The second kappa shape index (κ2) is 23.6. The van der Waals surface area contributed by atoms with Gasteiger partial charge in [-0.05, 0) is 77.4 Å². The summed E-state index contributed by atoms with van der Waals surface area (Å²) in [5.41, 5.74) is 1.36. The van der Waals surface area contributed by atoms with Gasteiger partial charge in [-0.25, -0.2) is 9.97 Å². The third kappa shape index (κ3) is 15.0. The first-order valence-corrected chi connectivity index (χ1v) is 16.5. The third-order valence-corrected chi connectivity index (χ3v) is 8.39. The van der Waals surface area contributed by atoms with Gasteiger partial charge in [-0.15, -0.1) is 11.3 Å². The Morgan fingerprint density at radius 3 is 2.10 bits per heavy atom. The van der Waals surface area contributed by atoms with Crippen LogP contribution in [0.15, 0.2) is 6.33 Å². The fraction of sp³-hybridized carbons (Fsp3) is 0.774. The van der Waals surface area contributed by atoms with Crippen LogP contribution in [0.1, 0.15) is 101 Å². The van der Waals surface area contributed by atoms with Gasteiger partial charge in [-0.3, -0.25) is 4.79 Å². The van der Waals surface area contributed by atoms with E-state index in [-0.39, 0.29) is 19.3 Å². The van der Waals surface area contributed by atoms with Gasteiger partial charge < -0.3 is 35.4 Å². The molecule has 1 aliphatic carbocycles. The molecule has 0 spiro atoms. The molecular formula is C31H56N4O6S. The van der Waals surface area contributed by atoms with Crippen molar-refractivity contribution in [2.45, 2.75) is 116 Å². The average molecular weight is 613 g/mol. The molecule has 1 aliphatic heterocycles. The number of carboxylic acids is 1. The SMILES string of the molecule is CCCCC(=O)O.CCCCCO.CN(C)C1CCC(Oc2ncnc3sc4c(c23)CNCC4)CC1.OCCCCO. The molecule has 2 aromatic heterocycles. The number of nitrogens with one attached hydrogen (secondary N) is 1. The topological polar surface area (TPSA) is 148 Å². The molecule has 0 atom stereocenters. The van der Waals surface area contributed by atoms with Crippen molar-refractivity contribution >= 4 is 27.5 Å². The van der Waals surface area contributed by atoms with E-state index in [0.29, 0.717) is 19.1 Å². The lowest BCUT2D eigenvalue weighted by Crippen LogP contribution is -2.35. The minimum Gasteiger partial charge on any atom is -0.481 e. The monoisotopic (exact) mass is 612 g/mol. The van der Waals surface area contributed by atoms with Crippen molar-refractivity contribution in [1.82, 2.24) is 20.2 Å². The Morgan fingerprint density at radius 1 is 0.976 bits per heavy atom. The Labute approximate surface area is 256 Å². The lowest BCUT2D eigenvalue weighted by molar-refractivity contribution is -0.137. The van der Waals surface area contributed by atoms with Gasteiger partial charge in [-0.1, -0.05) is 33.1 Å². The maximum absolute atomic E-state index is 9.76. The molecule has 242 valence electrons. The Bertz CT molecular complexity index is 950. The molecule has 10 nitrogen and oxygen atoms in total. The first-order chi connectivity index (χ1) is 20.3. The molecule has 0 unspecified atom stereocenters. The molecule has 0 amide bonds. The number of aliphatic carboxylic acids is 1. The summed E-state index contributed by atoms with van der Waals surface area (Å²) in [5.74, 6) is 0.103. The van der Waals surface area contributed by atoms with Crippen molar-refractivity contribution < 1.29 is 30.0 Å². The van der Waals surface area contributed by atoms with Gasteiger partial charge in [0, 0.05) is 50.2 Å². The number of unbranched alkanes of at least 4 members (excludes halogenated alkanes) is 4. The molecule has 2 aromatic rings. The molecule has 0 aromatic carbocycles. The lowest BCUT2D eigenvalue weighted by Gasteiger charge is -2.32. The van der Waals surface area contributed by atoms with E-state index in [1.165, 1.54) is 29.7 Å². The van der Waals surface area contributed by atoms with E-state index in [1.807, 2.05) is 6.92 Å². The second-order valence-electron chi connectivity index (χ2n) is 10.9. The van der Waals surface area contributed by atoms with Crippen molar-refractivity contribution in [3.05, 3.63) is 16.8 Å². The van der Waals surface area contributed by atoms with Gasteiger partial charge in [-0.2, -0.15) is 0 Å². The minimum absolute atomic E-state index is 0.195. The maximum Gasteiger partial charge on any atom is 0.303 e. The van der Waals surface area contributed by atoms with Crippen LogP contribution >= 0.6 is 11.3 Å². The van der Waals surface area contributed by atoms with Crippen LogP contribution in [-0.2, 0) is 17.8 Å². The summed E-state index contributed by atoms with van der Waals surface area (Å²) in [6, 6.07) is 0.693. The largest absolute Gasteiger partial charge is 0.481 e. The number of aromatic nitrogens is 2. The van der Waals surface area contributed by atoms with Crippen LogP contribution < -0.4 is 10.1 Å². The quantitative estimate of drug-likeness (QED) is 0.212. The number of hydrogen-bond donors (Lipinski definition) is 5. The Hall–Kier alpha value is -1.89.